The predicted octanol–water partition coefficient (Wildman–Crippen LogP) is 3.53. The minimum Gasteiger partial charge on any atom is -0.434 e. The van der Waals surface area contributed by atoms with Crippen molar-refractivity contribution >= 4 is 11.6 Å². The molecule has 17 heavy (non-hydrogen) atoms. The molecule has 0 heterocycles. The van der Waals surface area contributed by atoms with E-state index < -0.39 is 12.2 Å². The minimum atomic E-state index is -2.86. The quantitative estimate of drug-likeness (QED) is 0.903. The number of alkyl halides is 2. The lowest BCUT2D eigenvalue weighted by molar-refractivity contribution is -0.0508. The Morgan fingerprint density at radius 1 is 1.41 bits per heavy atom. The Morgan fingerprint density at radius 2 is 2.00 bits per heavy atom. The van der Waals surface area contributed by atoms with Crippen molar-refractivity contribution in [1.82, 2.24) is 0 Å². The van der Waals surface area contributed by atoms with Crippen LogP contribution < -0.4 is 10.5 Å². The monoisotopic (exact) mass is 261 g/mol. The van der Waals surface area contributed by atoms with Crippen molar-refractivity contribution in [1.29, 1.82) is 0 Å². The molecular weight excluding hydrogens is 248 g/mol. The average Bonchev–Trinajstić information content (AvgIpc) is 2.69. The Bertz CT molecular complexity index is 450. The first-order chi connectivity index (χ1) is 7.76. The van der Waals surface area contributed by atoms with E-state index in [1.165, 1.54) is 12.1 Å². The van der Waals surface area contributed by atoms with Crippen molar-refractivity contribution in [3.8, 4) is 5.75 Å². The van der Waals surface area contributed by atoms with Gasteiger partial charge in [-0.15, -0.1) is 0 Å². The molecule has 0 bridgehead atoms. The number of hydrogen-bond donors (Lipinski definition) is 1. The summed E-state index contributed by atoms with van der Waals surface area (Å²) in [5.74, 6) is 0.109. The minimum absolute atomic E-state index is 0.109. The van der Waals surface area contributed by atoms with Crippen LogP contribution in [0.4, 0.5) is 8.78 Å². The third kappa shape index (κ3) is 2.11. The topological polar surface area (TPSA) is 35.2 Å². The van der Waals surface area contributed by atoms with Crippen molar-refractivity contribution in [3.05, 3.63) is 28.8 Å². The van der Waals surface area contributed by atoms with E-state index in [0.717, 1.165) is 6.42 Å². The molecule has 1 aliphatic carbocycles. The smallest absolute Gasteiger partial charge is 0.387 e. The first kappa shape index (κ1) is 12.6. The van der Waals surface area contributed by atoms with Gasteiger partial charge in [0.1, 0.15) is 5.75 Å². The summed E-state index contributed by atoms with van der Waals surface area (Å²) in [6, 6.07) is 4.56. The van der Waals surface area contributed by atoms with Gasteiger partial charge in [0.25, 0.3) is 0 Å². The van der Waals surface area contributed by atoms with Gasteiger partial charge < -0.3 is 10.5 Å². The SMILES string of the molecule is CC1(C)CC1(N)c1cc(Cl)ccc1OC(F)F. The summed E-state index contributed by atoms with van der Waals surface area (Å²) in [7, 11) is 0. The van der Waals surface area contributed by atoms with E-state index in [2.05, 4.69) is 4.74 Å². The van der Waals surface area contributed by atoms with Crippen LogP contribution in [-0.2, 0) is 5.54 Å². The number of benzene rings is 1. The van der Waals surface area contributed by atoms with Crippen molar-refractivity contribution in [2.24, 2.45) is 11.1 Å². The molecule has 94 valence electrons. The molecule has 2 rings (SSSR count). The van der Waals surface area contributed by atoms with Crippen LogP contribution in [-0.4, -0.2) is 6.61 Å². The lowest BCUT2D eigenvalue weighted by Crippen LogP contribution is -2.26. The zero-order valence-corrected chi connectivity index (χ0v) is 10.4. The van der Waals surface area contributed by atoms with Gasteiger partial charge in [-0.25, -0.2) is 0 Å². The summed E-state index contributed by atoms with van der Waals surface area (Å²) in [5.41, 5.74) is 5.99. The third-order valence-corrected chi connectivity index (χ3v) is 3.68. The Kier molecular flexibility index (Phi) is 2.83. The lowest BCUT2D eigenvalue weighted by Gasteiger charge is -2.19. The molecular formula is C12H14ClF2NO. The standard InChI is InChI=1S/C12H14ClF2NO/c1-11(2)6-12(11,16)8-5-7(13)3-4-9(8)17-10(14)15/h3-5,10H,6,16H2,1-2H3. The van der Waals surface area contributed by atoms with Crippen LogP contribution in [0.5, 0.6) is 5.75 Å². The highest BCUT2D eigenvalue weighted by Crippen LogP contribution is 2.62. The second kappa shape index (κ2) is 3.82. The van der Waals surface area contributed by atoms with Gasteiger partial charge in [0.2, 0.25) is 0 Å². The van der Waals surface area contributed by atoms with Gasteiger partial charge >= 0.3 is 6.61 Å². The van der Waals surface area contributed by atoms with Crippen molar-refractivity contribution in [2.75, 3.05) is 0 Å². The maximum Gasteiger partial charge on any atom is 0.387 e. The van der Waals surface area contributed by atoms with E-state index in [1.807, 2.05) is 13.8 Å². The van der Waals surface area contributed by atoms with Gasteiger partial charge in [-0.3, -0.25) is 0 Å². The molecule has 1 aliphatic rings. The molecule has 1 unspecified atom stereocenters. The van der Waals surface area contributed by atoms with E-state index >= 15 is 0 Å². The molecule has 0 radical (unpaired) electrons. The molecule has 1 aromatic rings. The highest BCUT2D eigenvalue weighted by atomic mass is 35.5. The van der Waals surface area contributed by atoms with Gasteiger partial charge in [0.15, 0.2) is 0 Å². The normalized spacial score (nSPS) is 26.1. The van der Waals surface area contributed by atoms with Crippen LogP contribution in [0.25, 0.3) is 0 Å². The predicted molar refractivity (Wildman–Crippen MR) is 62.3 cm³/mol. The Balaban J connectivity index is 2.42. The second-order valence-electron chi connectivity index (χ2n) is 5.05. The summed E-state index contributed by atoms with van der Waals surface area (Å²) in [5, 5.41) is 0.467. The maximum atomic E-state index is 12.3. The number of halogens is 3. The third-order valence-electron chi connectivity index (χ3n) is 3.44. The van der Waals surface area contributed by atoms with Crippen molar-refractivity contribution in [3.63, 3.8) is 0 Å². The summed E-state index contributed by atoms with van der Waals surface area (Å²) in [4.78, 5) is 0. The Labute approximate surface area is 104 Å². The summed E-state index contributed by atoms with van der Waals surface area (Å²) < 4.78 is 29.1. The summed E-state index contributed by atoms with van der Waals surface area (Å²) >= 11 is 5.88. The van der Waals surface area contributed by atoms with E-state index in [1.54, 1.807) is 6.07 Å². The van der Waals surface area contributed by atoms with Crippen molar-refractivity contribution in [2.45, 2.75) is 32.4 Å². The molecule has 5 heteroatoms. The first-order valence-corrected chi connectivity index (χ1v) is 5.68. The molecule has 0 aliphatic heterocycles. The molecule has 1 saturated carbocycles. The zero-order chi connectivity index (χ0) is 12.8. The maximum absolute atomic E-state index is 12.3. The number of nitrogens with two attached hydrogens (primary N) is 1. The van der Waals surface area contributed by atoms with Crippen molar-refractivity contribution < 1.29 is 13.5 Å². The largest absolute Gasteiger partial charge is 0.434 e. The Hall–Kier alpha value is -0.870. The molecule has 2 nitrogen and oxygen atoms in total. The van der Waals surface area contributed by atoms with E-state index in [9.17, 15) is 8.78 Å². The number of hydrogen-bond acceptors (Lipinski definition) is 2. The molecule has 1 fully saturated rings. The fourth-order valence-corrected chi connectivity index (χ4v) is 2.33. The number of ether oxygens (including phenoxy) is 1. The van der Waals surface area contributed by atoms with Crippen LogP contribution in [0.3, 0.4) is 0 Å². The second-order valence-corrected chi connectivity index (χ2v) is 5.49. The van der Waals surface area contributed by atoms with Gasteiger partial charge in [0.05, 0.1) is 5.54 Å². The Morgan fingerprint density at radius 3 is 2.47 bits per heavy atom. The molecule has 0 aromatic heterocycles. The molecule has 0 amide bonds. The molecule has 0 spiro atoms. The highest BCUT2D eigenvalue weighted by molar-refractivity contribution is 6.30. The first-order valence-electron chi connectivity index (χ1n) is 5.30. The van der Waals surface area contributed by atoms with Crippen LogP contribution in [0, 0.1) is 5.41 Å². The van der Waals surface area contributed by atoms with Gasteiger partial charge in [0, 0.05) is 10.6 Å². The summed E-state index contributed by atoms with van der Waals surface area (Å²) in [6.45, 7) is 1.11. The van der Waals surface area contributed by atoms with Gasteiger partial charge in [-0.2, -0.15) is 8.78 Å². The molecule has 2 N–H and O–H groups in total. The van der Waals surface area contributed by atoms with Crippen LogP contribution in [0.15, 0.2) is 18.2 Å². The molecule has 1 atom stereocenters. The van der Waals surface area contributed by atoms with E-state index in [0.29, 0.717) is 10.6 Å². The molecule has 1 aromatic carbocycles. The van der Waals surface area contributed by atoms with Gasteiger partial charge in [-0.05, 0) is 30.0 Å². The zero-order valence-electron chi connectivity index (χ0n) is 9.64. The number of rotatable bonds is 3. The van der Waals surface area contributed by atoms with Crippen LogP contribution in [0.2, 0.25) is 5.02 Å². The van der Waals surface area contributed by atoms with Gasteiger partial charge in [-0.1, -0.05) is 25.4 Å². The highest BCUT2D eigenvalue weighted by Gasteiger charge is 2.60. The molecule has 0 saturated heterocycles. The summed E-state index contributed by atoms with van der Waals surface area (Å²) in [6.07, 6.45) is 0.722. The van der Waals surface area contributed by atoms with E-state index in [-0.39, 0.29) is 11.2 Å². The van der Waals surface area contributed by atoms with E-state index in [4.69, 9.17) is 17.3 Å². The van der Waals surface area contributed by atoms with Crippen LogP contribution >= 0.6 is 11.6 Å². The van der Waals surface area contributed by atoms with Crippen LogP contribution in [0.1, 0.15) is 25.8 Å². The fourth-order valence-electron chi connectivity index (χ4n) is 2.16. The fraction of sp³-hybridized carbons (Fsp3) is 0.500. The average molecular weight is 262 g/mol. The lowest BCUT2D eigenvalue weighted by atomic mass is 9.96.